The molecule has 1 aromatic rings. The third-order valence-electron chi connectivity index (χ3n) is 2.96. The average Bonchev–Trinajstić information content (AvgIpc) is 2.46. The number of unbranched alkanes of at least 4 members (excludes halogenated alkanes) is 4. The van der Waals surface area contributed by atoms with Crippen LogP contribution in [-0.2, 0) is 0 Å². The van der Waals surface area contributed by atoms with Gasteiger partial charge in [0.05, 0.1) is 0 Å². The Kier molecular flexibility index (Phi) is 10.8. The summed E-state index contributed by atoms with van der Waals surface area (Å²) in [5.74, 6) is -2.02. The molecule has 0 aromatic heterocycles. The zero-order valence-corrected chi connectivity index (χ0v) is 12.8. The summed E-state index contributed by atoms with van der Waals surface area (Å²) in [4.78, 5) is 11.4. The highest BCUT2D eigenvalue weighted by molar-refractivity contribution is 5.95. The van der Waals surface area contributed by atoms with Crippen LogP contribution in [-0.4, -0.2) is 5.78 Å². The van der Waals surface area contributed by atoms with E-state index in [9.17, 15) is 13.6 Å². The van der Waals surface area contributed by atoms with E-state index in [-0.39, 0.29) is 11.3 Å². The van der Waals surface area contributed by atoms with Crippen LogP contribution in [0.2, 0.25) is 0 Å². The lowest BCUT2D eigenvalue weighted by Crippen LogP contribution is -2.00. The molecular formula is C17H26F2O. The highest BCUT2D eigenvalue weighted by Gasteiger charge is 2.08. The van der Waals surface area contributed by atoms with Crippen molar-refractivity contribution in [2.75, 3.05) is 0 Å². The molecule has 0 bridgehead atoms. The minimum Gasteiger partial charge on any atom is -0.294 e. The van der Waals surface area contributed by atoms with Gasteiger partial charge in [0.1, 0.15) is 0 Å². The van der Waals surface area contributed by atoms with Gasteiger partial charge >= 0.3 is 0 Å². The molecule has 0 saturated carbocycles. The van der Waals surface area contributed by atoms with E-state index in [2.05, 4.69) is 13.8 Å². The highest BCUT2D eigenvalue weighted by atomic mass is 19.2. The Morgan fingerprint density at radius 3 is 1.90 bits per heavy atom. The lowest BCUT2D eigenvalue weighted by Gasteiger charge is -2.00. The SMILES string of the molecule is CCCCC(=O)c1ccc(F)c(F)c1.CCCCCC. The molecule has 114 valence electrons. The highest BCUT2D eigenvalue weighted by Crippen LogP contribution is 2.11. The maximum absolute atomic E-state index is 12.7. The number of rotatable bonds is 7. The Bertz CT molecular complexity index is 385. The molecule has 0 unspecified atom stereocenters. The minimum atomic E-state index is -0.965. The van der Waals surface area contributed by atoms with Gasteiger partial charge < -0.3 is 0 Å². The summed E-state index contributed by atoms with van der Waals surface area (Å²) in [5.41, 5.74) is 0.248. The summed E-state index contributed by atoms with van der Waals surface area (Å²) in [7, 11) is 0. The van der Waals surface area contributed by atoms with Gasteiger partial charge in [-0.1, -0.05) is 52.9 Å². The smallest absolute Gasteiger partial charge is 0.162 e. The number of halogens is 2. The second kappa shape index (κ2) is 11.6. The molecule has 0 saturated heterocycles. The first kappa shape index (κ1) is 18.8. The molecule has 0 aliphatic carbocycles. The largest absolute Gasteiger partial charge is 0.294 e. The molecule has 3 heteroatoms. The van der Waals surface area contributed by atoms with Crippen molar-refractivity contribution in [3.8, 4) is 0 Å². The molecule has 1 aromatic carbocycles. The van der Waals surface area contributed by atoms with Crippen molar-refractivity contribution >= 4 is 5.78 Å². The number of hydrogen-bond donors (Lipinski definition) is 0. The van der Waals surface area contributed by atoms with E-state index < -0.39 is 11.6 Å². The van der Waals surface area contributed by atoms with Crippen LogP contribution in [0.4, 0.5) is 8.78 Å². The molecule has 0 N–H and O–H groups in total. The summed E-state index contributed by atoms with van der Waals surface area (Å²) >= 11 is 0. The minimum absolute atomic E-state index is 0.134. The third kappa shape index (κ3) is 8.03. The van der Waals surface area contributed by atoms with E-state index in [1.165, 1.54) is 31.7 Å². The topological polar surface area (TPSA) is 17.1 Å². The summed E-state index contributed by atoms with van der Waals surface area (Å²) in [6.07, 6.45) is 7.61. The molecule has 0 amide bonds. The van der Waals surface area contributed by atoms with Crippen LogP contribution in [0.1, 0.15) is 76.1 Å². The molecule has 0 atom stereocenters. The second-order valence-corrected chi connectivity index (χ2v) is 4.86. The van der Waals surface area contributed by atoms with E-state index in [1.54, 1.807) is 0 Å². The van der Waals surface area contributed by atoms with Crippen LogP contribution in [0.15, 0.2) is 18.2 Å². The van der Waals surface area contributed by atoms with Gasteiger partial charge in [0, 0.05) is 12.0 Å². The molecule has 0 fully saturated rings. The van der Waals surface area contributed by atoms with Crippen LogP contribution in [0.5, 0.6) is 0 Å². The van der Waals surface area contributed by atoms with Crippen LogP contribution in [0.3, 0.4) is 0 Å². The molecule has 0 spiro atoms. The Labute approximate surface area is 121 Å². The van der Waals surface area contributed by atoms with Gasteiger partial charge in [-0.25, -0.2) is 8.78 Å². The van der Waals surface area contributed by atoms with Crippen molar-refractivity contribution in [1.29, 1.82) is 0 Å². The zero-order chi connectivity index (χ0) is 15.4. The van der Waals surface area contributed by atoms with Gasteiger partial charge in [0.2, 0.25) is 0 Å². The molecule has 0 radical (unpaired) electrons. The second-order valence-electron chi connectivity index (χ2n) is 4.86. The van der Waals surface area contributed by atoms with Crippen molar-refractivity contribution in [3.05, 3.63) is 35.4 Å². The molecule has 20 heavy (non-hydrogen) atoms. The zero-order valence-electron chi connectivity index (χ0n) is 12.8. The van der Waals surface area contributed by atoms with Crippen molar-refractivity contribution in [3.63, 3.8) is 0 Å². The first-order valence-electron chi connectivity index (χ1n) is 7.54. The summed E-state index contributed by atoms with van der Waals surface area (Å²) < 4.78 is 25.3. The van der Waals surface area contributed by atoms with Gasteiger partial charge in [0.15, 0.2) is 17.4 Å². The lowest BCUT2D eigenvalue weighted by atomic mass is 10.1. The molecule has 0 aliphatic heterocycles. The van der Waals surface area contributed by atoms with E-state index in [0.29, 0.717) is 6.42 Å². The summed E-state index contributed by atoms with van der Waals surface area (Å²) in [5, 5.41) is 0. The summed E-state index contributed by atoms with van der Waals surface area (Å²) in [6.45, 7) is 6.43. The predicted molar refractivity (Wildman–Crippen MR) is 80.0 cm³/mol. The van der Waals surface area contributed by atoms with Crippen LogP contribution in [0.25, 0.3) is 0 Å². The van der Waals surface area contributed by atoms with Gasteiger partial charge in [-0.3, -0.25) is 4.79 Å². The number of ketones is 1. The molecular weight excluding hydrogens is 258 g/mol. The third-order valence-corrected chi connectivity index (χ3v) is 2.96. The molecule has 1 nitrogen and oxygen atoms in total. The van der Waals surface area contributed by atoms with Crippen LogP contribution < -0.4 is 0 Å². The van der Waals surface area contributed by atoms with Crippen molar-refractivity contribution < 1.29 is 13.6 Å². The van der Waals surface area contributed by atoms with E-state index in [0.717, 1.165) is 25.0 Å². The number of carbonyl (C=O) groups excluding carboxylic acids is 1. The Balaban J connectivity index is 0.000000511. The first-order valence-corrected chi connectivity index (χ1v) is 7.54. The maximum Gasteiger partial charge on any atom is 0.162 e. The first-order chi connectivity index (χ1) is 9.56. The Hall–Kier alpha value is -1.25. The van der Waals surface area contributed by atoms with Crippen LogP contribution in [0, 0.1) is 11.6 Å². The van der Waals surface area contributed by atoms with Crippen molar-refractivity contribution in [1.82, 2.24) is 0 Å². The standard InChI is InChI=1S/C11H12F2O.C6H14/c1-2-3-4-11(14)8-5-6-9(12)10(13)7-8;1-3-5-6-4-2/h5-7H,2-4H2,1H3;3-6H2,1-2H3. The van der Waals surface area contributed by atoms with E-state index >= 15 is 0 Å². The van der Waals surface area contributed by atoms with Gasteiger partial charge in [-0.05, 0) is 24.6 Å². The fraction of sp³-hybridized carbons (Fsp3) is 0.588. The van der Waals surface area contributed by atoms with Gasteiger partial charge in [-0.15, -0.1) is 0 Å². The quantitative estimate of drug-likeness (QED) is 0.448. The Morgan fingerprint density at radius 1 is 0.900 bits per heavy atom. The number of benzene rings is 1. The van der Waals surface area contributed by atoms with E-state index in [4.69, 9.17) is 0 Å². The van der Waals surface area contributed by atoms with Crippen molar-refractivity contribution in [2.24, 2.45) is 0 Å². The molecule has 1 rings (SSSR count). The number of Topliss-reactive ketones (excluding diaryl/α,β-unsaturated/α-hetero) is 1. The molecule has 0 aliphatic rings. The number of carbonyl (C=O) groups is 1. The molecule has 0 heterocycles. The van der Waals surface area contributed by atoms with Crippen LogP contribution >= 0.6 is 0 Å². The fourth-order valence-electron chi connectivity index (χ4n) is 1.65. The summed E-state index contributed by atoms with van der Waals surface area (Å²) in [6, 6.07) is 3.25. The number of hydrogen-bond acceptors (Lipinski definition) is 1. The maximum atomic E-state index is 12.7. The average molecular weight is 284 g/mol. The normalized spacial score (nSPS) is 9.85. The Morgan fingerprint density at radius 2 is 1.45 bits per heavy atom. The van der Waals surface area contributed by atoms with Gasteiger partial charge in [-0.2, -0.15) is 0 Å². The van der Waals surface area contributed by atoms with Crippen molar-refractivity contribution in [2.45, 2.75) is 65.7 Å². The fourth-order valence-corrected chi connectivity index (χ4v) is 1.65. The van der Waals surface area contributed by atoms with E-state index in [1.807, 2.05) is 6.92 Å². The van der Waals surface area contributed by atoms with Gasteiger partial charge in [0.25, 0.3) is 0 Å². The predicted octanol–water partition coefficient (Wildman–Crippen LogP) is 5.92. The monoisotopic (exact) mass is 284 g/mol. The lowest BCUT2D eigenvalue weighted by molar-refractivity contribution is 0.0979.